The van der Waals surface area contributed by atoms with Gasteiger partial charge in [0, 0.05) is 19.8 Å². The largest absolute Gasteiger partial charge is 0.359 e. The SMILES string of the molecule is CN(C[C@H]1CCNC1)c1ccccn1. The van der Waals surface area contributed by atoms with Crippen molar-refractivity contribution in [3.05, 3.63) is 24.4 Å². The molecule has 3 heteroatoms. The summed E-state index contributed by atoms with van der Waals surface area (Å²) in [6.07, 6.45) is 3.13. The van der Waals surface area contributed by atoms with Crippen LogP contribution in [0.25, 0.3) is 0 Å². The van der Waals surface area contributed by atoms with Crippen LogP contribution in [0.5, 0.6) is 0 Å². The summed E-state index contributed by atoms with van der Waals surface area (Å²) >= 11 is 0. The van der Waals surface area contributed by atoms with E-state index in [0.717, 1.165) is 24.8 Å². The molecule has 2 heterocycles. The van der Waals surface area contributed by atoms with E-state index < -0.39 is 0 Å². The predicted molar refractivity (Wildman–Crippen MR) is 58.5 cm³/mol. The third-order valence-corrected chi connectivity index (χ3v) is 2.73. The lowest BCUT2D eigenvalue weighted by atomic mass is 10.1. The minimum absolute atomic E-state index is 0.780. The normalized spacial score (nSPS) is 21.1. The van der Waals surface area contributed by atoms with Crippen molar-refractivity contribution in [3.63, 3.8) is 0 Å². The summed E-state index contributed by atoms with van der Waals surface area (Å²) in [5.74, 6) is 1.85. The second-order valence-corrected chi connectivity index (χ2v) is 3.93. The van der Waals surface area contributed by atoms with Crippen LogP contribution in [-0.2, 0) is 0 Å². The third kappa shape index (κ3) is 2.23. The van der Waals surface area contributed by atoms with Crippen molar-refractivity contribution < 1.29 is 0 Å². The summed E-state index contributed by atoms with van der Waals surface area (Å²) < 4.78 is 0. The Morgan fingerprint density at radius 3 is 3.14 bits per heavy atom. The molecule has 1 atom stereocenters. The van der Waals surface area contributed by atoms with Gasteiger partial charge in [-0.05, 0) is 37.6 Å². The zero-order valence-electron chi connectivity index (χ0n) is 8.61. The molecular formula is C11H17N3. The van der Waals surface area contributed by atoms with E-state index in [1.54, 1.807) is 0 Å². The number of nitrogens with zero attached hydrogens (tertiary/aromatic N) is 2. The molecule has 1 fully saturated rings. The van der Waals surface area contributed by atoms with Crippen molar-refractivity contribution in [2.75, 3.05) is 31.6 Å². The second kappa shape index (κ2) is 4.42. The van der Waals surface area contributed by atoms with Gasteiger partial charge < -0.3 is 10.2 Å². The van der Waals surface area contributed by atoms with Crippen molar-refractivity contribution >= 4 is 5.82 Å². The summed E-state index contributed by atoms with van der Waals surface area (Å²) in [6, 6.07) is 6.04. The minimum atomic E-state index is 0.780. The van der Waals surface area contributed by atoms with Gasteiger partial charge in [0.2, 0.25) is 0 Å². The molecule has 3 nitrogen and oxygen atoms in total. The molecule has 0 radical (unpaired) electrons. The second-order valence-electron chi connectivity index (χ2n) is 3.93. The van der Waals surface area contributed by atoms with Gasteiger partial charge in [0.05, 0.1) is 0 Å². The molecule has 2 rings (SSSR count). The first-order valence-electron chi connectivity index (χ1n) is 5.19. The average molecular weight is 191 g/mol. The van der Waals surface area contributed by atoms with Crippen LogP contribution in [0.3, 0.4) is 0 Å². The first-order chi connectivity index (χ1) is 6.86. The molecule has 1 aliphatic rings. The van der Waals surface area contributed by atoms with E-state index in [0.29, 0.717) is 0 Å². The molecule has 0 aliphatic carbocycles. The summed E-state index contributed by atoms with van der Waals surface area (Å²) in [4.78, 5) is 6.56. The fourth-order valence-electron chi connectivity index (χ4n) is 1.93. The van der Waals surface area contributed by atoms with Crippen molar-refractivity contribution in [3.8, 4) is 0 Å². The Kier molecular flexibility index (Phi) is 2.99. The first kappa shape index (κ1) is 9.46. The highest BCUT2D eigenvalue weighted by atomic mass is 15.2. The van der Waals surface area contributed by atoms with E-state index in [4.69, 9.17) is 0 Å². The van der Waals surface area contributed by atoms with Crippen LogP contribution in [0.4, 0.5) is 5.82 Å². The van der Waals surface area contributed by atoms with Gasteiger partial charge in [0.15, 0.2) is 0 Å². The lowest BCUT2D eigenvalue weighted by Crippen LogP contribution is -2.27. The van der Waals surface area contributed by atoms with Gasteiger partial charge in [-0.3, -0.25) is 0 Å². The molecule has 0 amide bonds. The fraction of sp³-hybridized carbons (Fsp3) is 0.545. The number of aromatic nitrogens is 1. The Bertz CT molecular complexity index is 267. The molecule has 1 N–H and O–H groups in total. The van der Waals surface area contributed by atoms with Gasteiger partial charge in [-0.2, -0.15) is 0 Å². The van der Waals surface area contributed by atoms with Crippen LogP contribution >= 0.6 is 0 Å². The van der Waals surface area contributed by atoms with Crippen molar-refractivity contribution in [2.45, 2.75) is 6.42 Å². The van der Waals surface area contributed by atoms with Gasteiger partial charge >= 0.3 is 0 Å². The molecule has 14 heavy (non-hydrogen) atoms. The van der Waals surface area contributed by atoms with Crippen LogP contribution in [0.2, 0.25) is 0 Å². The summed E-state index contributed by atoms with van der Waals surface area (Å²) in [7, 11) is 2.11. The van der Waals surface area contributed by atoms with Crippen LogP contribution in [-0.4, -0.2) is 31.7 Å². The molecule has 1 aromatic rings. The van der Waals surface area contributed by atoms with Crippen LogP contribution in [0, 0.1) is 5.92 Å². The quantitative estimate of drug-likeness (QED) is 0.776. The number of hydrogen-bond acceptors (Lipinski definition) is 3. The van der Waals surface area contributed by atoms with E-state index in [1.807, 2.05) is 18.3 Å². The maximum Gasteiger partial charge on any atom is 0.128 e. The van der Waals surface area contributed by atoms with E-state index in [1.165, 1.54) is 13.0 Å². The fourth-order valence-corrected chi connectivity index (χ4v) is 1.93. The molecule has 0 aromatic carbocycles. The van der Waals surface area contributed by atoms with Crippen molar-refractivity contribution in [1.82, 2.24) is 10.3 Å². The molecule has 76 valence electrons. The molecule has 0 spiro atoms. The Morgan fingerprint density at radius 1 is 1.57 bits per heavy atom. The number of rotatable bonds is 3. The highest BCUT2D eigenvalue weighted by molar-refractivity contribution is 5.36. The van der Waals surface area contributed by atoms with Crippen LogP contribution in [0.15, 0.2) is 24.4 Å². The topological polar surface area (TPSA) is 28.2 Å². The number of nitrogens with one attached hydrogen (secondary N) is 1. The van der Waals surface area contributed by atoms with Gasteiger partial charge in [-0.15, -0.1) is 0 Å². The Morgan fingerprint density at radius 2 is 2.50 bits per heavy atom. The maximum absolute atomic E-state index is 4.33. The Balaban J connectivity index is 1.92. The van der Waals surface area contributed by atoms with Gasteiger partial charge in [0.1, 0.15) is 5.82 Å². The zero-order chi connectivity index (χ0) is 9.80. The van der Waals surface area contributed by atoms with Gasteiger partial charge in [-0.1, -0.05) is 6.07 Å². The molecule has 0 unspecified atom stereocenters. The van der Waals surface area contributed by atoms with Crippen molar-refractivity contribution in [2.24, 2.45) is 5.92 Å². The van der Waals surface area contributed by atoms with E-state index in [2.05, 4.69) is 28.3 Å². The Labute approximate surface area is 85.1 Å². The smallest absolute Gasteiger partial charge is 0.128 e. The standard InChI is InChI=1S/C11H17N3/c1-14(9-10-5-7-12-8-10)11-4-2-3-6-13-11/h2-4,6,10,12H,5,7-9H2,1H3/t10-/m0/s1. The molecule has 0 saturated carbocycles. The average Bonchev–Trinajstić information content (AvgIpc) is 2.72. The summed E-state index contributed by atoms with van der Waals surface area (Å²) in [5.41, 5.74) is 0. The Hall–Kier alpha value is -1.09. The van der Waals surface area contributed by atoms with Crippen molar-refractivity contribution in [1.29, 1.82) is 0 Å². The molecule has 1 aromatic heterocycles. The molecule has 1 aliphatic heterocycles. The lowest BCUT2D eigenvalue weighted by Gasteiger charge is -2.21. The number of pyridine rings is 1. The predicted octanol–water partition coefficient (Wildman–Crippen LogP) is 1.13. The van der Waals surface area contributed by atoms with E-state index in [-0.39, 0.29) is 0 Å². The minimum Gasteiger partial charge on any atom is -0.359 e. The van der Waals surface area contributed by atoms with Crippen LogP contribution in [0.1, 0.15) is 6.42 Å². The molecular weight excluding hydrogens is 174 g/mol. The van der Waals surface area contributed by atoms with E-state index >= 15 is 0 Å². The molecule has 0 bridgehead atoms. The highest BCUT2D eigenvalue weighted by Crippen LogP contribution is 2.13. The molecule has 1 saturated heterocycles. The van der Waals surface area contributed by atoms with Gasteiger partial charge in [0.25, 0.3) is 0 Å². The monoisotopic (exact) mass is 191 g/mol. The zero-order valence-corrected chi connectivity index (χ0v) is 8.61. The highest BCUT2D eigenvalue weighted by Gasteiger charge is 2.16. The summed E-state index contributed by atoms with van der Waals surface area (Å²) in [5, 5.41) is 3.38. The van der Waals surface area contributed by atoms with Crippen LogP contribution < -0.4 is 10.2 Å². The number of hydrogen-bond donors (Lipinski definition) is 1. The van der Waals surface area contributed by atoms with E-state index in [9.17, 15) is 0 Å². The van der Waals surface area contributed by atoms with Gasteiger partial charge in [-0.25, -0.2) is 4.98 Å². The maximum atomic E-state index is 4.33. The first-order valence-corrected chi connectivity index (χ1v) is 5.19. The number of anilines is 1. The summed E-state index contributed by atoms with van der Waals surface area (Å²) in [6.45, 7) is 3.42. The third-order valence-electron chi connectivity index (χ3n) is 2.73. The lowest BCUT2D eigenvalue weighted by molar-refractivity contribution is 0.576.